The largest absolute Gasteiger partial charge is 0.374 e. The second-order valence-corrected chi connectivity index (χ2v) is 11.6. The summed E-state index contributed by atoms with van der Waals surface area (Å²) in [5.74, 6) is 1.19. The Morgan fingerprint density at radius 3 is 2.36 bits per heavy atom. The van der Waals surface area contributed by atoms with Gasteiger partial charge in [-0.1, -0.05) is 79.0 Å². The first kappa shape index (κ1) is 37.2. The summed E-state index contributed by atoms with van der Waals surface area (Å²) >= 11 is 1.56. The van der Waals surface area contributed by atoms with E-state index in [2.05, 4.69) is 90.7 Å². The molecule has 1 N–H and O–H groups in total. The lowest BCUT2D eigenvalue weighted by atomic mass is 9.99. The van der Waals surface area contributed by atoms with E-state index in [1.807, 2.05) is 60.6 Å². The molecule has 1 fully saturated rings. The van der Waals surface area contributed by atoms with E-state index >= 15 is 0 Å². The molecule has 0 saturated carbocycles. The smallest absolute Gasteiger partial charge is 0.233 e. The Morgan fingerprint density at radius 1 is 1.07 bits per heavy atom. The van der Waals surface area contributed by atoms with Crippen LogP contribution in [-0.4, -0.2) is 45.4 Å². The number of nitrogens with zero attached hydrogens (tertiary/aromatic N) is 4. The number of allylic oxidation sites excluding steroid dienone is 6. The van der Waals surface area contributed by atoms with E-state index in [1.165, 1.54) is 11.3 Å². The molecule has 42 heavy (non-hydrogen) atoms. The summed E-state index contributed by atoms with van der Waals surface area (Å²) < 4.78 is 3.39. The van der Waals surface area contributed by atoms with Crippen molar-refractivity contribution in [2.45, 2.75) is 100 Å². The Balaban J connectivity index is 0.00000211. The van der Waals surface area contributed by atoms with Gasteiger partial charge in [0.15, 0.2) is 0 Å². The molecule has 5 nitrogen and oxygen atoms in total. The molecule has 2 heterocycles. The molecule has 1 aromatic carbocycles. The third-order valence-electron chi connectivity index (χ3n) is 6.95. The van der Waals surface area contributed by atoms with Gasteiger partial charge in [-0.2, -0.15) is 0 Å². The molecule has 1 unspecified atom stereocenters. The van der Waals surface area contributed by atoms with Gasteiger partial charge < -0.3 is 4.90 Å². The van der Waals surface area contributed by atoms with Crippen LogP contribution in [0.1, 0.15) is 92.6 Å². The van der Waals surface area contributed by atoms with Gasteiger partial charge in [0.2, 0.25) is 5.95 Å². The van der Waals surface area contributed by atoms with Gasteiger partial charge in [0, 0.05) is 54.1 Å². The number of aryl methyl sites for hydroxylation is 1. The Labute approximate surface area is 262 Å². The number of benzene rings is 1. The molecule has 2 aromatic rings. The van der Waals surface area contributed by atoms with Crippen molar-refractivity contribution >= 4 is 23.5 Å². The van der Waals surface area contributed by atoms with E-state index < -0.39 is 0 Å². The van der Waals surface area contributed by atoms with Gasteiger partial charge in [0.1, 0.15) is 0 Å². The minimum absolute atomic E-state index is 0.504. The van der Waals surface area contributed by atoms with Gasteiger partial charge >= 0.3 is 0 Å². The van der Waals surface area contributed by atoms with Gasteiger partial charge in [-0.15, -0.1) is 0 Å². The van der Waals surface area contributed by atoms with Crippen LogP contribution in [0.15, 0.2) is 77.4 Å². The number of rotatable bonds is 10. The number of aromatic nitrogens is 2. The Hall–Kier alpha value is -2.83. The molecule has 232 valence electrons. The maximum Gasteiger partial charge on any atom is 0.233 e. The SMILES string of the molecule is C=C(C)/C(=C(C)\C=C/C)c1cc(C)nc(NSc2cccc(CN3CCCN(C(=C)C)CC3C(C)C)c2)n1.CC.CC. The van der Waals surface area contributed by atoms with Crippen LogP contribution in [0.5, 0.6) is 0 Å². The third kappa shape index (κ3) is 11.4. The number of hydrogen-bond donors (Lipinski definition) is 1. The molecule has 3 rings (SSSR count). The summed E-state index contributed by atoms with van der Waals surface area (Å²) in [4.78, 5) is 15.7. The van der Waals surface area contributed by atoms with Gasteiger partial charge in [0.25, 0.3) is 0 Å². The fourth-order valence-corrected chi connectivity index (χ4v) is 5.78. The molecular weight excluding hydrogens is 534 g/mol. The highest BCUT2D eigenvalue weighted by atomic mass is 32.2. The van der Waals surface area contributed by atoms with E-state index in [0.717, 1.165) is 65.6 Å². The Bertz CT molecular complexity index is 1200. The van der Waals surface area contributed by atoms with Gasteiger partial charge in [-0.05, 0) is 93.8 Å². The fourth-order valence-electron chi connectivity index (χ4n) is 5.12. The van der Waals surface area contributed by atoms with Crippen LogP contribution in [0, 0.1) is 12.8 Å². The Morgan fingerprint density at radius 2 is 1.76 bits per heavy atom. The maximum absolute atomic E-state index is 4.83. The molecule has 1 aliphatic rings. The minimum Gasteiger partial charge on any atom is -0.374 e. The second kappa shape index (κ2) is 19.4. The lowest BCUT2D eigenvalue weighted by Crippen LogP contribution is -2.43. The summed E-state index contributed by atoms with van der Waals surface area (Å²) in [6.07, 6.45) is 5.30. The summed E-state index contributed by atoms with van der Waals surface area (Å²) in [6.45, 7) is 35.5. The molecule has 0 aliphatic carbocycles. The molecule has 1 saturated heterocycles. The van der Waals surface area contributed by atoms with Gasteiger partial charge in [-0.3, -0.25) is 9.62 Å². The van der Waals surface area contributed by atoms with Crippen molar-refractivity contribution in [2.75, 3.05) is 24.4 Å². The van der Waals surface area contributed by atoms with Crippen LogP contribution >= 0.6 is 11.9 Å². The van der Waals surface area contributed by atoms with Crippen LogP contribution in [0.2, 0.25) is 0 Å². The first-order valence-electron chi connectivity index (χ1n) is 15.6. The monoisotopic (exact) mass is 591 g/mol. The average Bonchev–Trinajstić information content (AvgIpc) is 3.17. The van der Waals surface area contributed by atoms with E-state index in [-0.39, 0.29) is 0 Å². The average molecular weight is 592 g/mol. The Kier molecular flexibility index (Phi) is 17.2. The predicted molar refractivity (Wildman–Crippen MR) is 188 cm³/mol. The topological polar surface area (TPSA) is 44.3 Å². The van der Waals surface area contributed by atoms with Crippen LogP contribution in [0.3, 0.4) is 0 Å². The summed E-state index contributed by atoms with van der Waals surface area (Å²) in [6, 6.07) is 11.3. The van der Waals surface area contributed by atoms with Crippen molar-refractivity contribution in [1.82, 2.24) is 19.8 Å². The zero-order valence-electron chi connectivity index (χ0n) is 28.3. The second-order valence-electron chi connectivity index (χ2n) is 10.7. The van der Waals surface area contributed by atoms with Crippen molar-refractivity contribution in [3.63, 3.8) is 0 Å². The highest BCUT2D eigenvalue weighted by molar-refractivity contribution is 8.00. The van der Waals surface area contributed by atoms with Crippen molar-refractivity contribution in [1.29, 1.82) is 0 Å². The van der Waals surface area contributed by atoms with Crippen LogP contribution in [0.4, 0.5) is 5.95 Å². The predicted octanol–water partition coefficient (Wildman–Crippen LogP) is 9.95. The first-order valence-corrected chi connectivity index (χ1v) is 16.4. The van der Waals surface area contributed by atoms with Gasteiger partial charge in [0.05, 0.1) is 5.69 Å². The fraction of sp³-hybridized carbons (Fsp3) is 0.500. The number of hydrogen-bond acceptors (Lipinski definition) is 6. The summed E-state index contributed by atoms with van der Waals surface area (Å²) in [5.41, 5.74) is 7.50. The third-order valence-corrected chi connectivity index (χ3v) is 7.73. The van der Waals surface area contributed by atoms with Crippen LogP contribution < -0.4 is 4.72 Å². The standard InChI is InChI=1S/C32H45N5S.2C2H6/c1-10-13-25(8)31(23(4)5)29-18-26(9)33-32(34-29)35-38-28-15-11-14-27(19-28)20-37-17-12-16-36(24(6)7)21-30(37)22(2)3;2*1-2/h10-11,13-15,18-19,22,30H,4,6,12,16-17,20-21H2,1-3,5,7-9H3,(H,33,34,35);2*1-2H3/b13-10-,31-25+;;. The van der Waals surface area contributed by atoms with Crippen molar-refractivity contribution < 1.29 is 0 Å². The number of anilines is 1. The van der Waals surface area contributed by atoms with E-state index in [1.54, 1.807) is 11.9 Å². The molecular formula is C36H57N5S. The molecule has 1 atom stereocenters. The van der Waals surface area contributed by atoms with Crippen molar-refractivity contribution in [3.05, 3.63) is 89.4 Å². The molecule has 1 aliphatic heterocycles. The lowest BCUT2D eigenvalue weighted by molar-refractivity contribution is 0.141. The highest BCUT2D eigenvalue weighted by Crippen LogP contribution is 2.28. The zero-order valence-corrected chi connectivity index (χ0v) is 29.2. The minimum atomic E-state index is 0.504. The molecule has 0 spiro atoms. The molecule has 1 aromatic heterocycles. The van der Waals surface area contributed by atoms with Crippen molar-refractivity contribution in [2.24, 2.45) is 5.92 Å². The summed E-state index contributed by atoms with van der Waals surface area (Å²) in [5, 5.41) is 0. The normalized spacial score (nSPS) is 16.1. The number of nitrogens with one attached hydrogen (secondary N) is 1. The quantitative estimate of drug-likeness (QED) is 0.219. The van der Waals surface area contributed by atoms with E-state index in [9.17, 15) is 0 Å². The van der Waals surface area contributed by atoms with Crippen LogP contribution in [0.25, 0.3) is 5.57 Å². The van der Waals surface area contributed by atoms with Crippen molar-refractivity contribution in [3.8, 4) is 0 Å². The zero-order chi connectivity index (χ0) is 31.8. The molecule has 0 amide bonds. The highest BCUT2D eigenvalue weighted by Gasteiger charge is 2.27. The molecule has 0 radical (unpaired) electrons. The van der Waals surface area contributed by atoms with E-state index in [4.69, 9.17) is 4.98 Å². The maximum atomic E-state index is 4.83. The molecule has 0 bridgehead atoms. The summed E-state index contributed by atoms with van der Waals surface area (Å²) in [7, 11) is 0. The van der Waals surface area contributed by atoms with Crippen LogP contribution in [-0.2, 0) is 6.54 Å². The van der Waals surface area contributed by atoms with E-state index in [0.29, 0.717) is 17.9 Å². The lowest BCUT2D eigenvalue weighted by Gasteiger charge is -2.35. The van der Waals surface area contributed by atoms with Gasteiger partial charge in [-0.25, -0.2) is 9.97 Å². The first-order chi connectivity index (χ1) is 20.1. The molecule has 6 heteroatoms.